The van der Waals surface area contributed by atoms with Crippen LogP contribution in [0.5, 0.6) is 0 Å². The van der Waals surface area contributed by atoms with E-state index in [1.54, 1.807) is 0 Å². The van der Waals surface area contributed by atoms with Crippen molar-refractivity contribution in [3.8, 4) is 0 Å². The van der Waals surface area contributed by atoms with Crippen LogP contribution in [0.4, 0.5) is 0 Å². The van der Waals surface area contributed by atoms with Crippen molar-refractivity contribution >= 4 is 0 Å². The standard InChI is InChI=1S/C9H19NO3/c1-3-9(2,6-11)10-7-4-13-5-8(7)12/h7-8,10-12H,3-6H2,1-2H3. The zero-order valence-electron chi connectivity index (χ0n) is 8.29. The topological polar surface area (TPSA) is 61.7 Å². The van der Waals surface area contributed by atoms with Gasteiger partial charge in [-0.3, -0.25) is 0 Å². The van der Waals surface area contributed by atoms with Gasteiger partial charge in [0.2, 0.25) is 0 Å². The third-order valence-electron chi connectivity index (χ3n) is 2.71. The van der Waals surface area contributed by atoms with Crippen LogP contribution in [0.2, 0.25) is 0 Å². The molecule has 0 amide bonds. The predicted molar refractivity (Wildman–Crippen MR) is 49.5 cm³/mol. The molecule has 0 saturated carbocycles. The number of nitrogens with one attached hydrogen (secondary N) is 1. The van der Waals surface area contributed by atoms with Crippen LogP contribution in [-0.2, 0) is 4.74 Å². The van der Waals surface area contributed by atoms with Gasteiger partial charge in [-0.15, -0.1) is 0 Å². The van der Waals surface area contributed by atoms with Gasteiger partial charge in [0.25, 0.3) is 0 Å². The van der Waals surface area contributed by atoms with E-state index in [4.69, 9.17) is 9.84 Å². The van der Waals surface area contributed by atoms with Gasteiger partial charge in [-0.1, -0.05) is 6.92 Å². The maximum Gasteiger partial charge on any atom is 0.0948 e. The van der Waals surface area contributed by atoms with Gasteiger partial charge >= 0.3 is 0 Å². The maximum atomic E-state index is 9.47. The summed E-state index contributed by atoms with van der Waals surface area (Å²) in [5.74, 6) is 0. The summed E-state index contributed by atoms with van der Waals surface area (Å²) in [6.07, 6.45) is 0.379. The molecule has 13 heavy (non-hydrogen) atoms. The Morgan fingerprint density at radius 2 is 2.23 bits per heavy atom. The molecule has 0 aliphatic carbocycles. The first-order chi connectivity index (χ1) is 6.11. The molecule has 1 aliphatic rings. The molecule has 1 aliphatic heterocycles. The predicted octanol–water partition coefficient (Wildman–Crippen LogP) is -0.503. The van der Waals surface area contributed by atoms with E-state index in [-0.39, 0.29) is 18.2 Å². The summed E-state index contributed by atoms with van der Waals surface area (Å²) in [4.78, 5) is 0. The minimum Gasteiger partial charge on any atom is -0.394 e. The highest BCUT2D eigenvalue weighted by molar-refractivity contribution is 4.90. The molecule has 4 nitrogen and oxygen atoms in total. The molecule has 4 heteroatoms. The molecule has 0 radical (unpaired) electrons. The first-order valence-electron chi connectivity index (χ1n) is 4.75. The molecule has 1 rings (SSSR count). The molecule has 0 aromatic heterocycles. The number of rotatable bonds is 4. The molecule has 0 spiro atoms. The lowest BCUT2D eigenvalue weighted by Gasteiger charge is -2.31. The highest BCUT2D eigenvalue weighted by Crippen LogP contribution is 2.13. The van der Waals surface area contributed by atoms with Gasteiger partial charge in [-0.05, 0) is 13.3 Å². The minimum absolute atomic E-state index is 0.0444. The van der Waals surface area contributed by atoms with Crippen LogP contribution in [0.1, 0.15) is 20.3 Å². The Hall–Kier alpha value is -0.160. The third kappa shape index (κ3) is 2.64. The lowest BCUT2D eigenvalue weighted by atomic mass is 9.98. The molecule has 3 unspecified atom stereocenters. The lowest BCUT2D eigenvalue weighted by Crippen LogP contribution is -2.54. The van der Waals surface area contributed by atoms with Gasteiger partial charge in [-0.2, -0.15) is 0 Å². The van der Waals surface area contributed by atoms with E-state index >= 15 is 0 Å². The summed E-state index contributed by atoms with van der Waals surface area (Å²) in [6.45, 7) is 4.94. The highest BCUT2D eigenvalue weighted by Gasteiger charge is 2.32. The van der Waals surface area contributed by atoms with Crippen molar-refractivity contribution < 1.29 is 14.9 Å². The molecular weight excluding hydrogens is 170 g/mol. The SMILES string of the molecule is CCC(C)(CO)NC1COCC1O. The number of aliphatic hydroxyl groups is 2. The molecule has 0 aromatic rings. The van der Waals surface area contributed by atoms with Crippen molar-refractivity contribution in [1.82, 2.24) is 5.32 Å². The van der Waals surface area contributed by atoms with Crippen LogP contribution in [-0.4, -0.2) is 47.7 Å². The lowest BCUT2D eigenvalue weighted by molar-refractivity contribution is 0.105. The van der Waals surface area contributed by atoms with Crippen molar-refractivity contribution in [1.29, 1.82) is 0 Å². The van der Waals surface area contributed by atoms with Crippen molar-refractivity contribution in [2.24, 2.45) is 0 Å². The van der Waals surface area contributed by atoms with Crippen molar-refractivity contribution in [3.63, 3.8) is 0 Å². The van der Waals surface area contributed by atoms with Gasteiger partial charge in [0, 0.05) is 5.54 Å². The van der Waals surface area contributed by atoms with E-state index in [0.29, 0.717) is 13.2 Å². The van der Waals surface area contributed by atoms with E-state index in [1.807, 2.05) is 13.8 Å². The smallest absolute Gasteiger partial charge is 0.0948 e. The van der Waals surface area contributed by atoms with Gasteiger partial charge in [0.05, 0.1) is 32.0 Å². The molecule has 1 saturated heterocycles. The number of hydrogen-bond donors (Lipinski definition) is 3. The van der Waals surface area contributed by atoms with Gasteiger partial charge < -0.3 is 20.3 Å². The largest absolute Gasteiger partial charge is 0.394 e. The Labute approximate surface area is 78.9 Å². The fourth-order valence-corrected chi connectivity index (χ4v) is 1.39. The summed E-state index contributed by atoms with van der Waals surface area (Å²) < 4.78 is 5.11. The van der Waals surface area contributed by atoms with Crippen LogP contribution in [0.15, 0.2) is 0 Å². The summed E-state index contributed by atoms with van der Waals surface area (Å²) in [6, 6.07) is -0.0444. The van der Waals surface area contributed by atoms with E-state index in [1.165, 1.54) is 0 Å². The van der Waals surface area contributed by atoms with E-state index in [0.717, 1.165) is 6.42 Å². The molecular formula is C9H19NO3. The Kier molecular flexibility index (Phi) is 3.67. The summed E-state index contributed by atoms with van der Waals surface area (Å²) in [5.41, 5.74) is -0.306. The van der Waals surface area contributed by atoms with Gasteiger partial charge in [-0.25, -0.2) is 0 Å². The molecule has 0 aromatic carbocycles. The average molecular weight is 189 g/mol. The fourth-order valence-electron chi connectivity index (χ4n) is 1.39. The summed E-state index contributed by atoms with van der Waals surface area (Å²) in [5, 5.41) is 21.8. The molecule has 0 bridgehead atoms. The molecule has 1 heterocycles. The van der Waals surface area contributed by atoms with Crippen molar-refractivity contribution in [2.75, 3.05) is 19.8 Å². The Bertz CT molecular complexity index is 159. The van der Waals surface area contributed by atoms with Crippen molar-refractivity contribution in [3.05, 3.63) is 0 Å². The minimum atomic E-state index is -0.447. The summed E-state index contributed by atoms with van der Waals surface area (Å²) >= 11 is 0. The summed E-state index contributed by atoms with van der Waals surface area (Å²) in [7, 11) is 0. The molecule has 1 fully saturated rings. The second-order valence-corrected chi connectivity index (χ2v) is 3.93. The Morgan fingerprint density at radius 3 is 2.62 bits per heavy atom. The van der Waals surface area contributed by atoms with Crippen LogP contribution in [0, 0.1) is 0 Å². The zero-order chi connectivity index (χ0) is 9.90. The van der Waals surface area contributed by atoms with E-state index in [9.17, 15) is 5.11 Å². The van der Waals surface area contributed by atoms with Crippen LogP contribution in [0.25, 0.3) is 0 Å². The monoisotopic (exact) mass is 189 g/mol. The van der Waals surface area contributed by atoms with Gasteiger partial charge in [0.1, 0.15) is 0 Å². The maximum absolute atomic E-state index is 9.47. The second-order valence-electron chi connectivity index (χ2n) is 3.93. The highest BCUT2D eigenvalue weighted by atomic mass is 16.5. The third-order valence-corrected chi connectivity index (χ3v) is 2.71. The van der Waals surface area contributed by atoms with E-state index < -0.39 is 6.10 Å². The fraction of sp³-hybridized carbons (Fsp3) is 1.00. The van der Waals surface area contributed by atoms with Gasteiger partial charge in [0.15, 0.2) is 0 Å². The first-order valence-corrected chi connectivity index (χ1v) is 4.75. The second kappa shape index (κ2) is 4.37. The zero-order valence-corrected chi connectivity index (χ0v) is 8.29. The molecule has 3 atom stereocenters. The quantitative estimate of drug-likeness (QED) is 0.558. The van der Waals surface area contributed by atoms with Crippen molar-refractivity contribution in [2.45, 2.75) is 38.0 Å². The Morgan fingerprint density at radius 1 is 1.54 bits per heavy atom. The first kappa shape index (κ1) is 10.9. The number of hydrogen-bond acceptors (Lipinski definition) is 4. The van der Waals surface area contributed by atoms with E-state index in [2.05, 4.69) is 5.32 Å². The molecule has 78 valence electrons. The number of aliphatic hydroxyl groups excluding tert-OH is 2. The molecule has 3 N–H and O–H groups in total. The number of ether oxygens (including phenoxy) is 1. The average Bonchev–Trinajstić information content (AvgIpc) is 2.52. The van der Waals surface area contributed by atoms with Crippen LogP contribution < -0.4 is 5.32 Å². The van der Waals surface area contributed by atoms with Crippen LogP contribution >= 0.6 is 0 Å². The van der Waals surface area contributed by atoms with Crippen LogP contribution in [0.3, 0.4) is 0 Å². The Balaban J connectivity index is 2.45. The normalized spacial score (nSPS) is 33.2.